The van der Waals surface area contributed by atoms with Crippen molar-refractivity contribution in [2.75, 3.05) is 13.2 Å². The molecule has 2 unspecified atom stereocenters. The summed E-state index contributed by atoms with van der Waals surface area (Å²) in [5, 5.41) is 3.23. The summed E-state index contributed by atoms with van der Waals surface area (Å²) < 4.78 is 33.4. The predicted octanol–water partition coefficient (Wildman–Crippen LogP) is 4.34. The lowest BCUT2D eigenvalue weighted by atomic mass is 9.98. The van der Waals surface area contributed by atoms with E-state index in [4.69, 9.17) is 4.74 Å². The molecule has 20 heavy (non-hydrogen) atoms. The molecule has 2 atom stereocenters. The largest absolute Gasteiger partial charge is 0.378 e. The van der Waals surface area contributed by atoms with Crippen LogP contribution in [0.5, 0.6) is 0 Å². The van der Waals surface area contributed by atoms with Gasteiger partial charge in [0.05, 0.1) is 10.6 Å². The third kappa shape index (κ3) is 3.99. The highest BCUT2D eigenvalue weighted by Gasteiger charge is 2.21. The summed E-state index contributed by atoms with van der Waals surface area (Å²) in [5.74, 6) is -0.807. The molecule has 0 amide bonds. The Morgan fingerprint density at radius 2 is 2.20 bits per heavy atom. The molecule has 5 heteroatoms. The van der Waals surface area contributed by atoms with Crippen LogP contribution in [-0.2, 0) is 4.74 Å². The van der Waals surface area contributed by atoms with Gasteiger partial charge in [-0.25, -0.2) is 8.78 Å². The minimum atomic E-state index is -0.429. The van der Waals surface area contributed by atoms with E-state index in [-0.39, 0.29) is 22.4 Å². The summed E-state index contributed by atoms with van der Waals surface area (Å²) in [5.41, 5.74) is 0.394. The minimum Gasteiger partial charge on any atom is -0.378 e. The van der Waals surface area contributed by atoms with Crippen molar-refractivity contribution in [1.82, 2.24) is 5.32 Å². The van der Waals surface area contributed by atoms with Crippen molar-refractivity contribution in [2.24, 2.45) is 0 Å². The number of rotatable bonds is 6. The topological polar surface area (TPSA) is 21.3 Å². The number of hydrogen-bond donors (Lipinski definition) is 1. The number of nitrogens with one attached hydrogen (secondary N) is 1. The predicted molar refractivity (Wildman–Crippen MR) is 78.7 cm³/mol. The Balaban J connectivity index is 2.08. The molecule has 1 aliphatic rings. The molecule has 0 bridgehead atoms. The Morgan fingerprint density at radius 1 is 1.40 bits per heavy atom. The summed E-state index contributed by atoms with van der Waals surface area (Å²) in [6, 6.07) is 2.30. The van der Waals surface area contributed by atoms with Crippen LogP contribution in [0.3, 0.4) is 0 Å². The Bertz CT molecular complexity index is 450. The summed E-state index contributed by atoms with van der Waals surface area (Å²) in [4.78, 5) is 0. The first-order valence-electron chi connectivity index (χ1n) is 7.11. The lowest BCUT2D eigenvalue weighted by Crippen LogP contribution is -2.23. The zero-order valence-electron chi connectivity index (χ0n) is 11.6. The van der Waals surface area contributed by atoms with Crippen LogP contribution < -0.4 is 5.32 Å². The molecule has 1 heterocycles. The first-order chi connectivity index (χ1) is 9.61. The molecule has 0 aliphatic carbocycles. The smallest absolute Gasteiger partial charge is 0.137 e. The monoisotopic (exact) mass is 347 g/mol. The van der Waals surface area contributed by atoms with E-state index < -0.39 is 5.82 Å². The summed E-state index contributed by atoms with van der Waals surface area (Å²) in [6.45, 7) is 3.50. The number of halogens is 3. The normalized spacial score (nSPS) is 20.3. The number of hydrogen-bond acceptors (Lipinski definition) is 2. The van der Waals surface area contributed by atoms with Crippen LogP contribution in [0.15, 0.2) is 16.6 Å². The van der Waals surface area contributed by atoms with Gasteiger partial charge in [0.15, 0.2) is 0 Å². The van der Waals surface area contributed by atoms with E-state index in [1.54, 1.807) is 0 Å². The van der Waals surface area contributed by atoms with Gasteiger partial charge in [-0.05, 0) is 60.3 Å². The van der Waals surface area contributed by atoms with E-state index >= 15 is 0 Å². The van der Waals surface area contributed by atoms with E-state index in [0.717, 1.165) is 32.3 Å². The third-order valence-corrected chi connectivity index (χ3v) is 4.27. The highest BCUT2D eigenvalue weighted by atomic mass is 79.9. The van der Waals surface area contributed by atoms with Crippen LogP contribution in [-0.4, -0.2) is 19.3 Å². The average Bonchev–Trinajstić information content (AvgIpc) is 2.92. The fourth-order valence-electron chi connectivity index (χ4n) is 2.64. The van der Waals surface area contributed by atoms with E-state index in [0.29, 0.717) is 12.1 Å². The second-order valence-electron chi connectivity index (χ2n) is 5.11. The van der Waals surface area contributed by atoms with Crippen molar-refractivity contribution in [2.45, 2.75) is 44.8 Å². The summed E-state index contributed by atoms with van der Waals surface area (Å²) in [6.07, 6.45) is 4.04. The van der Waals surface area contributed by atoms with Crippen LogP contribution >= 0.6 is 15.9 Å². The van der Waals surface area contributed by atoms with Crippen LogP contribution in [0.1, 0.15) is 44.2 Å². The maximum Gasteiger partial charge on any atom is 0.137 e. The molecule has 1 N–H and O–H groups in total. The van der Waals surface area contributed by atoms with E-state index in [9.17, 15) is 8.78 Å². The fourth-order valence-corrected chi connectivity index (χ4v) is 2.96. The first-order valence-corrected chi connectivity index (χ1v) is 7.90. The van der Waals surface area contributed by atoms with Crippen molar-refractivity contribution in [3.8, 4) is 0 Å². The molecule has 112 valence electrons. The van der Waals surface area contributed by atoms with Gasteiger partial charge in [-0.1, -0.05) is 6.92 Å². The molecule has 0 spiro atoms. The zero-order valence-corrected chi connectivity index (χ0v) is 13.2. The van der Waals surface area contributed by atoms with Gasteiger partial charge in [-0.15, -0.1) is 0 Å². The van der Waals surface area contributed by atoms with Gasteiger partial charge < -0.3 is 10.1 Å². The van der Waals surface area contributed by atoms with Crippen LogP contribution in [0.4, 0.5) is 8.78 Å². The highest BCUT2D eigenvalue weighted by molar-refractivity contribution is 9.10. The van der Waals surface area contributed by atoms with E-state index in [2.05, 4.69) is 21.2 Å². The average molecular weight is 348 g/mol. The molecule has 0 radical (unpaired) electrons. The van der Waals surface area contributed by atoms with Crippen molar-refractivity contribution < 1.29 is 13.5 Å². The van der Waals surface area contributed by atoms with E-state index in [1.807, 2.05) is 6.92 Å². The molecule has 2 nitrogen and oxygen atoms in total. The number of benzene rings is 1. The molecule has 0 aromatic heterocycles. The van der Waals surface area contributed by atoms with E-state index in [1.165, 1.54) is 12.1 Å². The molecule has 1 aromatic carbocycles. The number of ether oxygens (including phenoxy) is 1. The SMILES string of the molecule is CCNC(CCC1CCCO1)c1cc(F)c(Br)cc1F. The zero-order chi connectivity index (χ0) is 14.5. The highest BCUT2D eigenvalue weighted by Crippen LogP contribution is 2.28. The third-order valence-electron chi connectivity index (χ3n) is 3.67. The quantitative estimate of drug-likeness (QED) is 0.773. The van der Waals surface area contributed by atoms with Gasteiger partial charge in [0.2, 0.25) is 0 Å². The molecular formula is C15H20BrF2NO. The molecule has 1 saturated heterocycles. The van der Waals surface area contributed by atoms with Gasteiger partial charge in [0.1, 0.15) is 11.6 Å². The lowest BCUT2D eigenvalue weighted by molar-refractivity contribution is 0.0995. The fraction of sp³-hybridized carbons (Fsp3) is 0.600. The molecular weight excluding hydrogens is 328 g/mol. The van der Waals surface area contributed by atoms with Crippen molar-refractivity contribution in [1.29, 1.82) is 0 Å². The Hall–Kier alpha value is -0.520. The van der Waals surface area contributed by atoms with Crippen LogP contribution in [0, 0.1) is 11.6 Å². The molecule has 0 saturated carbocycles. The molecule has 1 aliphatic heterocycles. The molecule has 2 rings (SSSR count). The Kier molecular flexibility index (Phi) is 5.93. The van der Waals surface area contributed by atoms with Crippen molar-refractivity contribution >= 4 is 15.9 Å². The standard InChI is InChI=1S/C15H20BrF2NO/c1-2-19-15(6-5-10-4-3-7-20-10)11-8-14(18)12(16)9-13(11)17/h8-10,15,19H,2-7H2,1H3. The second-order valence-corrected chi connectivity index (χ2v) is 5.96. The Labute approximate surface area is 127 Å². The first kappa shape index (κ1) is 15.9. The van der Waals surface area contributed by atoms with Gasteiger partial charge in [0.25, 0.3) is 0 Å². The van der Waals surface area contributed by atoms with Crippen molar-refractivity contribution in [3.05, 3.63) is 33.8 Å². The van der Waals surface area contributed by atoms with Gasteiger partial charge in [0, 0.05) is 18.2 Å². The van der Waals surface area contributed by atoms with Crippen LogP contribution in [0.25, 0.3) is 0 Å². The summed E-state index contributed by atoms with van der Waals surface area (Å²) >= 11 is 3.01. The van der Waals surface area contributed by atoms with Gasteiger partial charge in [-0.3, -0.25) is 0 Å². The minimum absolute atomic E-state index is 0.160. The van der Waals surface area contributed by atoms with Gasteiger partial charge in [-0.2, -0.15) is 0 Å². The van der Waals surface area contributed by atoms with Crippen molar-refractivity contribution in [3.63, 3.8) is 0 Å². The summed E-state index contributed by atoms with van der Waals surface area (Å²) in [7, 11) is 0. The molecule has 1 fully saturated rings. The second kappa shape index (κ2) is 7.48. The Morgan fingerprint density at radius 3 is 2.85 bits per heavy atom. The van der Waals surface area contributed by atoms with Gasteiger partial charge >= 0.3 is 0 Å². The lowest BCUT2D eigenvalue weighted by Gasteiger charge is -2.21. The maximum atomic E-state index is 14.0. The molecule has 1 aromatic rings. The van der Waals surface area contributed by atoms with Crippen LogP contribution in [0.2, 0.25) is 0 Å². The maximum absolute atomic E-state index is 14.0.